The highest BCUT2D eigenvalue weighted by atomic mass is 19.4. The number of nitrogens with zero attached hydrogens (tertiary/aromatic N) is 2. The van der Waals surface area contributed by atoms with Crippen molar-refractivity contribution in [3.05, 3.63) is 47.5 Å². The van der Waals surface area contributed by atoms with Crippen molar-refractivity contribution in [3.63, 3.8) is 0 Å². The second-order valence-electron chi connectivity index (χ2n) is 17.7. The Bertz CT molecular complexity index is 1200. The van der Waals surface area contributed by atoms with E-state index in [0.717, 1.165) is 24.3 Å². The molecule has 1 aliphatic carbocycles. The maximum Gasteiger partial charge on any atom is 0.509 e. The van der Waals surface area contributed by atoms with Crippen LogP contribution in [0.2, 0.25) is 0 Å². The zero-order chi connectivity index (χ0) is 43.2. The standard InChI is InChI=1S/2C16H36N.C15H12B2F6/c2*1-5-9-13-17(14-10-6-2,15-11-7-3)16-12-8-4;1-15(2)13-5-3-9(16(18,19)20)7-11(13)12-8-10(17(21,22)23)4-6-14(12)15/h2*5-16H2,1-4H3;3-8H,1-2H3/q2*+1;-2. The highest BCUT2D eigenvalue weighted by molar-refractivity contribution is 6.74. The van der Waals surface area contributed by atoms with Gasteiger partial charge in [0, 0.05) is 5.41 Å². The maximum atomic E-state index is 13.0. The van der Waals surface area contributed by atoms with Gasteiger partial charge in [0.1, 0.15) is 0 Å². The van der Waals surface area contributed by atoms with Gasteiger partial charge >= 0.3 is 14.0 Å². The molecule has 2 aromatic rings. The molecule has 0 heterocycles. The summed E-state index contributed by atoms with van der Waals surface area (Å²) < 4.78 is 80.7. The van der Waals surface area contributed by atoms with Crippen molar-refractivity contribution in [1.29, 1.82) is 0 Å². The monoisotopic (exact) mass is 813 g/mol. The lowest BCUT2D eigenvalue weighted by Crippen LogP contribution is -2.50. The predicted molar refractivity (Wildman–Crippen MR) is 240 cm³/mol. The smallest absolute Gasteiger partial charge is 0.445 e. The molecule has 330 valence electrons. The largest absolute Gasteiger partial charge is 0.509 e. The van der Waals surface area contributed by atoms with E-state index >= 15 is 0 Å². The van der Waals surface area contributed by atoms with Gasteiger partial charge in [0.2, 0.25) is 0 Å². The Hall–Kier alpha value is -1.93. The van der Waals surface area contributed by atoms with E-state index in [9.17, 15) is 25.9 Å². The van der Waals surface area contributed by atoms with Crippen LogP contribution in [0.5, 0.6) is 0 Å². The second kappa shape index (κ2) is 26.3. The Morgan fingerprint density at radius 2 is 0.596 bits per heavy atom. The summed E-state index contributed by atoms with van der Waals surface area (Å²) >= 11 is 0. The number of benzene rings is 2. The minimum atomic E-state index is -5.20. The molecule has 0 unspecified atom stereocenters. The van der Waals surface area contributed by atoms with E-state index in [-0.39, 0.29) is 11.1 Å². The summed E-state index contributed by atoms with van der Waals surface area (Å²) in [6.45, 7) is 23.2. The number of hydrogen-bond donors (Lipinski definition) is 0. The first-order chi connectivity index (χ1) is 26.9. The third-order valence-corrected chi connectivity index (χ3v) is 12.4. The van der Waals surface area contributed by atoms with Gasteiger partial charge in [-0.3, -0.25) is 0 Å². The highest BCUT2D eigenvalue weighted by Gasteiger charge is 2.38. The quantitative estimate of drug-likeness (QED) is 0.0504. The molecule has 0 aromatic heterocycles. The fourth-order valence-electron chi connectivity index (χ4n) is 8.50. The third-order valence-electron chi connectivity index (χ3n) is 12.4. The molecule has 0 bridgehead atoms. The first-order valence-corrected chi connectivity index (χ1v) is 23.3. The summed E-state index contributed by atoms with van der Waals surface area (Å²) in [5, 5.41) is 0. The van der Waals surface area contributed by atoms with Crippen molar-refractivity contribution in [2.45, 2.75) is 177 Å². The van der Waals surface area contributed by atoms with Gasteiger partial charge in [-0.25, -0.2) is 0 Å². The molecule has 0 saturated heterocycles. The Balaban J connectivity index is 0.000000438. The Morgan fingerprint density at radius 1 is 0.386 bits per heavy atom. The zero-order valence-electron chi connectivity index (χ0n) is 38.3. The first kappa shape index (κ1) is 53.1. The maximum absolute atomic E-state index is 13.0. The van der Waals surface area contributed by atoms with Crippen LogP contribution in [-0.2, 0) is 5.41 Å². The minimum absolute atomic E-state index is 0.239. The molecule has 0 aliphatic heterocycles. The topological polar surface area (TPSA) is 0 Å². The van der Waals surface area contributed by atoms with Crippen molar-refractivity contribution in [2.75, 3.05) is 52.4 Å². The van der Waals surface area contributed by atoms with Crippen molar-refractivity contribution >= 4 is 24.9 Å². The van der Waals surface area contributed by atoms with Gasteiger partial charge < -0.3 is 34.9 Å². The van der Waals surface area contributed by atoms with Gasteiger partial charge in [0.05, 0.1) is 52.4 Å². The molecule has 2 aromatic carbocycles. The molecular formula is C47H84B2F6N2. The molecular weight excluding hydrogens is 728 g/mol. The van der Waals surface area contributed by atoms with Crippen LogP contribution in [0.25, 0.3) is 11.1 Å². The van der Waals surface area contributed by atoms with Gasteiger partial charge in [-0.1, -0.05) is 157 Å². The number of unbranched alkanes of at least 4 members (excludes halogenated alkanes) is 8. The fourth-order valence-corrected chi connectivity index (χ4v) is 8.50. The summed E-state index contributed by atoms with van der Waals surface area (Å²) in [6.07, 6.45) is 22.1. The van der Waals surface area contributed by atoms with Crippen LogP contribution in [0, 0.1) is 0 Å². The number of rotatable bonds is 26. The second-order valence-corrected chi connectivity index (χ2v) is 17.7. The SMILES string of the molecule is CC1(C)c2ccc([B-](F)(F)F)cc2-c2cc([B-](F)(F)F)ccc21.CCCC[N+](CCCC)(CCCC)CCCC.CCCC[N+](CCCC)(CCCC)CCCC. The van der Waals surface area contributed by atoms with Crippen molar-refractivity contribution < 1.29 is 34.9 Å². The molecule has 3 rings (SSSR count). The van der Waals surface area contributed by atoms with Crippen LogP contribution in [0.15, 0.2) is 36.4 Å². The van der Waals surface area contributed by atoms with Crippen molar-refractivity contribution in [1.82, 2.24) is 0 Å². The van der Waals surface area contributed by atoms with E-state index in [4.69, 9.17) is 0 Å². The zero-order valence-corrected chi connectivity index (χ0v) is 38.3. The lowest BCUT2D eigenvalue weighted by Gasteiger charge is -2.39. The van der Waals surface area contributed by atoms with Gasteiger partial charge in [0.15, 0.2) is 0 Å². The number of quaternary nitrogens is 2. The summed E-state index contributed by atoms with van der Waals surface area (Å²) in [5.74, 6) is 0. The van der Waals surface area contributed by atoms with Crippen LogP contribution in [0.3, 0.4) is 0 Å². The first-order valence-electron chi connectivity index (χ1n) is 23.3. The lowest BCUT2D eigenvalue weighted by molar-refractivity contribution is -0.929. The molecule has 0 radical (unpaired) electrons. The Kier molecular flexibility index (Phi) is 24.5. The molecule has 2 nitrogen and oxygen atoms in total. The molecule has 0 atom stereocenters. The van der Waals surface area contributed by atoms with E-state index in [1.54, 1.807) is 13.8 Å². The summed E-state index contributed by atoms with van der Waals surface area (Å²) in [6, 6.07) is 6.69. The average Bonchev–Trinajstić information content (AvgIpc) is 3.41. The lowest BCUT2D eigenvalue weighted by atomic mass is 9.76. The highest BCUT2D eigenvalue weighted by Crippen LogP contribution is 2.48. The summed E-state index contributed by atoms with van der Waals surface area (Å²) in [7, 11) is 0. The molecule has 0 amide bonds. The van der Waals surface area contributed by atoms with E-state index < -0.39 is 30.3 Å². The van der Waals surface area contributed by atoms with E-state index in [0.29, 0.717) is 11.1 Å². The normalized spacial score (nSPS) is 13.7. The van der Waals surface area contributed by atoms with Gasteiger partial charge in [-0.05, 0) is 73.6 Å². The van der Waals surface area contributed by atoms with Gasteiger partial charge in [0.25, 0.3) is 0 Å². The van der Waals surface area contributed by atoms with Crippen molar-refractivity contribution in [3.8, 4) is 11.1 Å². The predicted octanol–water partition coefficient (Wildman–Crippen LogP) is 14.1. The minimum Gasteiger partial charge on any atom is -0.445 e. The third kappa shape index (κ3) is 17.3. The fraction of sp³-hybridized carbons (Fsp3) is 0.745. The summed E-state index contributed by atoms with van der Waals surface area (Å²) in [5.41, 5.74) is -0.511. The number of fused-ring (bicyclic) bond motifs is 3. The van der Waals surface area contributed by atoms with Gasteiger partial charge in [-0.2, -0.15) is 0 Å². The van der Waals surface area contributed by atoms with E-state index in [2.05, 4.69) is 55.4 Å². The molecule has 0 spiro atoms. The summed E-state index contributed by atoms with van der Waals surface area (Å²) in [4.78, 5) is 0. The van der Waals surface area contributed by atoms with E-state index in [1.165, 1.54) is 176 Å². The number of halogens is 6. The van der Waals surface area contributed by atoms with Crippen LogP contribution in [-0.4, -0.2) is 75.3 Å². The van der Waals surface area contributed by atoms with Crippen molar-refractivity contribution in [2.24, 2.45) is 0 Å². The van der Waals surface area contributed by atoms with Gasteiger partial charge in [-0.15, -0.1) is 10.9 Å². The molecule has 0 saturated carbocycles. The average molecular weight is 813 g/mol. The van der Waals surface area contributed by atoms with E-state index in [1.807, 2.05) is 0 Å². The molecule has 10 heteroatoms. The Morgan fingerprint density at radius 3 is 0.772 bits per heavy atom. The van der Waals surface area contributed by atoms with Crippen LogP contribution < -0.4 is 10.9 Å². The van der Waals surface area contributed by atoms with Crippen LogP contribution in [0.1, 0.15) is 183 Å². The van der Waals surface area contributed by atoms with Crippen LogP contribution in [0.4, 0.5) is 25.9 Å². The molecule has 57 heavy (non-hydrogen) atoms. The molecule has 1 aliphatic rings. The number of hydrogen-bond acceptors (Lipinski definition) is 0. The molecule has 0 N–H and O–H groups in total. The van der Waals surface area contributed by atoms with Crippen LogP contribution >= 0.6 is 0 Å². The molecule has 0 fully saturated rings. The Labute approximate surface area is 347 Å².